The fraction of sp³-hybridized carbons (Fsp3) is 0.143. The molecule has 11 rings (SSSR count). The minimum atomic E-state index is 0.629. The molecule has 0 amide bonds. The second kappa shape index (κ2) is 13.0. The smallest absolute Gasteiger partial charge is 0.164 e. The molecule has 2 atom stereocenters. The van der Waals surface area contributed by atoms with Crippen molar-refractivity contribution in [3.05, 3.63) is 169 Å². The Morgan fingerprint density at radius 1 is 0.309 bits per heavy atom. The van der Waals surface area contributed by atoms with Crippen molar-refractivity contribution in [2.75, 3.05) is 0 Å². The molecule has 0 bridgehead atoms. The number of rotatable bonds is 8. The van der Waals surface area contributed by atoms with Gasteiger partial charge in [0.15, 0.2) is 34.9 Å². The number of aromatic nitrogens is 6. The Balaban J connectivity index is 0.922. The first-order valence-electron chi connectivity index (χ1n) is 19.2. The van der Waals surface area contributed by atoms with Gasteiger partial charge in [0.1, 0.15) is 0 Å². The number of hydrogen-bond donors (Lipinski definition) is 0. The summed E-state index contributed by atoms with van der Waals surface area (Å²) in [6.07, 6.45) is 2.86. The van der Waals surface area contributed by atoms with Crippen LogP contribution in [0.25, 0.3) is 79.5 Å². The lowest BCUT2D eigenvalue weighted by Crippen LogP contribution is -2.65. The highest BCUT2D eigenvalue weighted by Gasteiger charge is 2.67. The van der Waals surface area contributed by atoms with Crippen LogP contribution in [0.2, 0.25) is 0 Å². The number of hydrogen-bond acceptors (Lipinski definition) is 6. The van der Waals surface area contributed by atoms with Crippen LogP contribution < -0.4 is 0 Å². The zero-order valence-corrected chi connectivity index (χ0v) is 30.1. The van der Waals surface area contributed by atoms with Crippen molar-refractivity contribution in [2.45, 2.75) is 18.8 Å². The van der Waals surface area contributed by atoms with Gasteiger partial charge < -0.3 is 0 Å². The van der Waals surface area contributed by atoms with Gasteiger partial charge in [0.25, 0.3) is 0 Å². The summed E-state index contributed by atoms with van der Waals surface area (Å²) in [5.41, 5.74) is 9.33. The highest BCUT2D eigenvalue weighted by molar-refractivity contribution is 5.75. The molecule has 2 aromatic heterocycles. The zero-order chi connectivity index (χ0) is 36.3. The van der Waals surface area contributed by atoms with Gasteiger partial charge in [-0.15, -0.1) is 0 Å². The van der Waals surface area contributed by atoms with Crippen LogP contribution in [0.5, 0.6) is 0 Å². The Kier molecular flexibility index (Phi) is 7.54. The van der Waals surface area contributed by atoms with Crippen LogP contribution >= 0.6 is 0 Å². The van der Waals surface area contributed by atoms with Crippen molar-refractivity contribution in [3.8, 4) is 79.5 Å². The van der Waals surface area contributed by atoms with E-state index < -0.39 is 0 Å². The van der Waals surface area contributed by atoms with Gasteiger partial charge in [-0.1, -0.05) is 158 Å². The van der Waals surface area contributed by atoms with E-state index in [9.17, 15) is 0 Å². The highest BCUT2D eigenvalue weighted by Crippen LogP contribution is 2.75. The van der Waals surface area contributed by atoms with Crippen molar-refractivity contribution in [1.82, 2.24) is 29.9 Å². The van der Waals surface area contributed by atoms with Crippen molar-refractivity contribution in [3.63, 3.8) is 0 Å². The Morgan fingerprint density at radius 3 is 1.07 bits per heavy atom. The average Bonchev–Trinajstić information content (AvgIpc) is 3.27. The third-order valence-electron chi connectivity index (χ3n) is 12.1. The lowest BCUT2D eigenvalue weighted by molar-refractivity contribution is -0.214. The molecule has 3 fully saturated rings. The zero-order valence-electron chi connectivity index (χ0n) is 30.1. The summed E-state index contributed by atoms with van der Waals surface area (Å²) in [6.45, 7) is 0. The van der Waals surface area contributed by atoms with Crippen molar-refractivity contribution < 1.29 is 0 Å². The van der Waals surface area contributed by atoms with Gasteiger partial charge in [0.2, 0.25) is 0 Å². The van der Waals surface area contributed by atoms with Crippen LogP contribution in [0, 0.1) is 23.7 Å². The lowest BCUT2D eigenvalue weighted by Gasteiger charge is -2.73. The molecule has 262 valence electrons. The van der Waals surface area contributed by atoms with Crippen LogP contribution in [0.15, 0.2) is 164 Å². The van der Waals surface area contributed by atoms with Gasteiger partial charge >= 0.3 is 0 Å². The molecule has 3 aliphatic carbocycles. The molecule has 2 unspecified atom stereocenters. The van der Waals surface area contributed by atoms with E-state index in [-0.39, 0.29) is 0 Å². The molecule has 0 N–H and O–H groups in total. The minimum absolute atomic E-state index is 0.629. The second-order valence-electron chi connectivity index (χ2n) is 15.2. The maximum Gasteiger partial charge on any atom is 0.164 e. The molecule has 8 aromatic rings. The topological polar surface area (TPSA) is 77.3 Å². The third kappa shape index (κ3) is 5.64. The predicted octanol–water partition coefficient (Wildman–Crippen LogP) is 11.1. The molecule has 6 aromatic carbocycles. The van der Waals surface area contributed by atoms with E-state index >= 15 is 0 Å². The Hall–Kier alpha value is -6.66. The van der Waals surface area contributed by atoms with Gasteiger partial charge in [0.05, 0.1) is 0 Å². The first-order chi connectivity index (χ1) is 27.2. The Bertz CT molecular complexity index is 2590. The molecule has 0 saturated heterocycles. The monoisotopic (exact) mass is 708 g/mol. The summed E-state index contributed by atoms with van der Waals surface area (Å²) in [4.78, 5) is 29.8. The normalized spacial score (nSPS) is 20.4. The molecule has 0 aliphatic heterocycles. The van der Waals surface area contributed by atoms with Crippen molar-refractivity contribution in [1.29, 1.82) is 0 Å². The molecule has 6 heteroatoms. The molecular weight excluding hydrogens is 673 g/mol. The summed E-state index contributed by atoms with van der Waals surface area (Å²) in [5, 5.41) is 0. The summed E-state index contributed by atoms with van der Waals surface area (Å²) >= 11 is 0. The molecule has 0 spiro atoms. The summed E-state index contributed by atoms with van der Waals surface area (Å²) < 4.78 is 0. The summed E-state index contributed by atoms with van der Waals surface area (Å²) in [7, 11) is 0. The first kappa shape index (κ1) is 31.8. The van der Waals surface area contributed by atoms with E-state index in [2.05, 4.69) is 84.9 Å². The standard InChI is InChI=1S/C49H36N6/c1-4-11-32(12-5-1)44-50-45(33-13-6-2-7-14-33)52-47(51-44)35-23-19-30(20-24-35)37-17-10-18-38(27-37)49-54-46(34-15-8-3-9-16-34)53-48(55-49)36-25-21-31(22-26-36)42-40-28-39-29-41(42)43(39)40/h1-27,39-43H,28-29H2. The van der Waals surface area contributed by atoms with E-state index in [0.717, 1.165) is 74.1 Å². The van der Waals surface area contributed by atoms with Crippen LogP contribution in [0.3, 0.4) is 0 Å². The Morgan fingerprint density at radius 2 is 0.655 bits per heavy atom. The molecule has 55 heavy (non-hydrogen) atoms. The minimum Gasteiger partial charge on any atom is -0.208 e. The van der Waals surface area contributed by atoms with Crippen molar-refractivity contribution in [2.24, 2.45) is 23.7 Å². The highest BCUT2D eigenvalue weighted by atomic mass is 15.0. The number of benzene rings is 6. The summed E-state index contributed by atoms with van der Waals surface area (Å²) in [5.74, 6) is 8.54. The maximum absolute atomic E-state index is 5.08. The van der Waals surface area contributed by atoms with E-state index in [4.69, 9.17) is 29.9 Å². The quantitative estimate of drug-likeness (QED) is 0.156. The largest absolute Gasteiger partial charge is 0.208 e. The summed E-state index contributed by atoms with van der Waals surface area (Å²) in [6, 6.07) is 56.2. The second-order valence-corrected chi connectivity index (χ2v) is 15.2. The maximum atomic E-state index is 5.08. The predicted molar refractivity (Wildman–Crippen MR) is 217 cm³/mol. The SMILES string of the molecule is c1ccc(-c2nc(-c3ccccc3)nc(-c3ccc(-c4cccc(-c5nc(-c6ccccc6)nc(-c6ccc(C7C8CC9CC7C98)cc6)n5)c4)cc3)n2)cc1. The van der Waals surface area contributed by atoms with Gasteiger partial charge in [-0.05, 0) is 65.2 Å². The molecular formula is C49H36N6. The average molecular weight is 709 g/mol. The van der Waals surface area contributed by atoms with Gasteiger partial charge in [-0.3, -0.25) is 0 Å². The van der Waals surface area contributed by atoms with Crippen LogP contribution in [0.1, 0.15) is 24.3 Å². The molecule has 3 saturated carbocycles. The van der Waals surface area contributed by atoms with E-state index in [0.29, 0.717) is 34.9 Å². The van der Waals surface area contributed by atoms with Gasteiger partial charge in [0, 0.05) is 33.4 Å². The van der Waals surface area contributed by atoms with Crippen LogP contribution in [0.4, 0.5) is 0 Å². The fourth-order valence-electron chi connectivity index (χ4n) is 9.28. The molecule has 3 aliphatic rings. The molecule has 0 radical (unpaired) electrons. The lowest BCUT2D eigenvalue weighted by atomic mass is 9.31. The van der Waals surface area contributed by atoms with E-state index in [1.807, 2.05) is 78.9 Å². The first-order valence-corrected chi connectivity index (χ1v) is 19.2. The molecule has 2 heterocycles. The fourth-order valence-corrected chi connectivity index (χ4v) is 9.28. The van der Waals surface area contributed by atoms with Gasteiger partial charge in [-0.2, -0.15) is 0 Å². The van der Waals surface area contributed by atoms with Crippen LogP contribution in [-0.4, -0.2) is 29.9 Å². The van der Waals surface area contributed by atoms with E-state index in [1.54, 1.807) is 0 Å². The molecule has 6 nitrogen and oxygen atoms in total. The van der Waals surface area contributed by atoms with Gasteiger partial charge in [-0.25, -0.2) is 29.9 Å². The van der Waals surface area contributed by atoms with Crippen molar-refractivity contribution >= 4 is 0 Å². The van der Waals surface area contributed by atoms with Crippen LogP contribution in [-0.2, 0) is 0 Å². The number of nitrogens with zero attached hydrogens (tertiary/aromatic N) is 6. The third-order valence-corrected chi connectivity index (χ3v) is 12.1. The Labute approximate surface area is 320 Å². The van der Waals surface area contributed by atoms with E-state index in [1.165, 1.54) is 18.4 Å².